The highest BCUT2D eigenvalue weighted by molar-refractivity contribution is 8.00. The molecule has 0 fully saturated rings. The van der Waals surface area contributed by atoms with Crippen molar-refractivity contribution in [2.24, 2.45) is 0 Å². The van der Waals surface area contributed by atoms with Crippen LogP contribution in [0.3, 0.4) is 0 Å². The van der Waals surface area contributed by atoms with Crippen molar-refractivity contribution in [1.82, 2.24) is 10.2 Å². The minimum atomic E-state index is -0.313. The van der Waals surface area contributed by atoms with Crippen molar-refractivity contribution in [3.63, 3.8) is 0 Å². The molecular weight excluding hydrogens is 312 g/mol. The lowest BCUT2D eigenvalue weighted by Gasteiger charge is -2.10. The Morgan fingerprint density at radius 3 is 2.57 bits per heavy atom. The number of nitrogens with zero attached hydrogens (tertiary/aromatic N) is 2. The molecular formula is C17H22N2O3S. The van der Waals surface area contributed by atoms with Gasteiger partial charge in [-0.1, -0.05) is 48.7 Å². The fourth-order valence-corrected chi connectivity index (χ4v) is 3.28. The number of hydrogen-bond donors (Lipinski definition) is 0. The van der Waals surface area contributed by atoms with Crippen LogP contribution in [0, 0.1) is 13.8 Å². The van der Waals surface area contributed by atoms with Crippen molar-refractivity contribution >= 4 is 17.7 Å². The first-order valence-corrected chi connectivity index (χ1v) is 8.58. The van der Waals surface area contributed by atoms with Crippen molar-refractivity contribution in [2.45, 2.75) is 50.5 Å². The van der Waals surface area contributed by atoms with Gasteiger partial charge in [0.15, 0.2) is 0 Å². The molecule has 0 bridgehead atoms. The van der Waals surface area contributed by atoms with Crippen LogP contribution < -0.4 is 0 Å². The standard InChI is InChI=1S/C17H22N2O3S/c1-5-6-7-14(16(20)21-4)23-17-19-18-15(22-17)13-9-11(2)8-12(3)10-13/h8-10,14H,5-7H2,1-4H3. The van der Waals surface area contributed by atoms with E-state index in [0.717, 1.165) is 36.0 Å². The van der Waals surface area contributed by atoms with Crippen molar-refractivity contribution in [3.05, 3.63) is 29.3 Å². The highest BCUT2D eigenvalue weighted by atomic mass is 32.2. The maximum Gasteiger partial charge on any atom is 0.319 e. The molecule has 1 aromatic carbocycles. The largest absolute Gasteiger partial charge is 0.468 e. The van der Waals surface area contributed by atoms with Gasteiger partial charge in [-0.25, -0.2) is 0 Å². The summed E-state index contributed by atoms with van der Waals surface area (Å²) in [5, 5.41) is 8.23. The number of unbranched alkanes of at least 4 members (excludes halogenated alkanes) is 1. The normalized spacial score (nSPS) is 12.2. The van der Waals surface area contributed by atoms with Crippen molar-refractivity contribution < 1.29 is 13.9 Å². The van der Waals surface area contributed by atoms with Gasteiger partial charge in [0.1, 0.15) is 5.25 Å². The highest BCUT2D eigenvalue weighted by Gasteiger charge is 2.23. The van der Waals surface area contributed by atoms with Crippen LogP contribution in [0.15, 0.2) is 27.8 Å². The van der Waals surface area contributed by atoms with E-state index < -0.39 is 0 Å². The lowest BCUT2D eigenvalue weighted by molar-refractivity contribution is -0.140. The molecule has 0 saturated heterocycles. The second-order valence-corrected chi connectivity index (χ2v) is 6.68. The predicted molar refractivity (Wildman–Crippen MR) is 90.4 cm³/mol. The van der Waals surface area contributed by atoms with Crippen molar-refractivity contribution in [2.75, 3.05) is 7.11 Å². The lowest BCUT2D eigenvalue weighted by Crippen LogP contribution is -2.18. The van der Waals surface area contributed by atoms with E-state index in [1.165, 1.54) is 18.9 Å². The quantitative estimate of drug-likeness (QED) is 0.559. The highest BCUT2D eigenvalue weighted by Crippen LogP contribution is 2.29. The van der Waals surface area contributed by atoms with Crippen LogP contribution in [0.4, 0.5) is 0 Å². The number of rotatable bonds is 7. The maximum absolute atomic E-state index is 11.9. The summed E-state index contributed by atoms with van der Waals surface area (Å²) in [6.07, 6.45) is 2.70. The molecule has 124 valence electrons. The molecule has 1 unspecified atom stereocenters. The Kier molecular flexibility index (Phi) is 6.21. The zero-order valence-corrected chi connectivity index (χ0v) is 14.8. The maximum atomic E-state index is 11.9. The molecule has 5 nitrogen and oxygen atoms in total. The molecule has 0 radical (unpaired) electrons. The Bertz CT molecular complexity index is 649. The summed E-state index contributed by atoms with van der Waals surface area (Å²) in [6, 6.07) is 6.10. The van der Waals surface area contributed by atoms with Gasteiger partial charge in [-0.2, -0.15) is 0 Å². The van der Waals surface area contributed by atoms with Gasteiger partial charge in [0, 0.05) is 5.56 Å². The molecule has 23 heavy (non-hydrogen) atoms. The van der Waals surface area contributed by atoms with Crippen LogP contribution >= 0.6 is 11.8 Å². The van der Waals surface area contributed by atoms with Crippen LogP contribution in [-0.2, 0) is 9.53 Å². The predicted octanol–water partition coefficient (Wildman–Crippen LogP) is 4.18. The molecule has 6 heteroatoms. The molecule has 1 heterocycles. The molecule has 0 aliphatic carbocycles. The van der Waals surface area contributed by atoms with Gasteiger partial charge < -0.3 is 9.15 Å². The minimum Gasteiger partial charge on any atom is -0.468 e. The van der Waals surface area contributed by atoms with Crippen molar-refractivity contribution in [1.29, 1.82) is 0 Å². The van der Waals surface area contributed by atoms with E-state index >= 15 is 0 Å². The molecule has 1 aromatic heterocycles. The summed E-state index contributed by atoms with van der Waals surface area (Å²) < 4.78 is 10.6. The number of ether oxygens (including phenoxy) is 1. The number of aromatic nitrogens is 2. The number of esters is 1. The Hall–Kier alpha value is -1.82. The first-order valence-electron chi connectivity index (χ1n) is 7.70. The lowest BCUT2D eigenvalue weighted by atomic mass is 10.1. The van der Waals surface area contributed by atoms with Crippen LogP contribution in [0.5, 0.6) is 0 Å². The molecule has 1 atom stereocenters. The van der Waals surface area contributed by atoms with Crippen LogP contribution in [0.25, 0.3) is 11.5 Å². The third-order valence-electron chi connectivity index (χ3n) is 3.40. The van der Waals surface area contributed by atoms with Gasteiger partial charge >= 0.3 is 5.97 Å². The zero-order chi connectivity index (χ0) is 16.8. The fraction of sp³-hybridized carbons (Fsp3) is 0.471. The minimum absolute atomic E-state index is 0.255. The fourth-order valence-electron chi connectivity index (χ4n) is 2.34. The second-order valence-electron chi connectivity index (χ2n) is 5.52. The summed E-state index contributed by atoms with van der Waals surface area (Å²) in [5.41, 5.74) is 3.18. The van der Waals surface area contributed by atoms with E-state index in [1.807, 2.05) is 26.0 Å². The molecule has 0 aliphatic rings. The summed E-state index contributed by atoms with van der Waals surface area (Å²) in [6.45, 7) is 6.14. The molecule has 2 aromatic rings. The molecule has 0 aliphatic heterocycles. The SMILES string of the molecule is CCCCC(Sc1nnc(-c2cc(C)cc(C)c2)o1)C(=O)OC. The van der Waals surface area contributed by atoms with Gasteiger partial charge in [0.05, 0.1) is 7.11 Å². The molecule has 0 saturated carbocycles. The summed E-state index contributed by atoms with van der Waals surface area (Å²) in [7, 11) is 1.40. The summed E-state index contributed by atoms with van der Waals surface area (Å²) >= 11 is 1.27. The van der Waals surface area contributed by atoms with Crippen LogP contribution in [0.1, 0.15) is 37.3 Å². The van der Waals surface area contributed by atoms with Gasteiger partial charge in [-0.15, -0.1) is 10.2 Å². The van der Waals surface area contributed by atoms with E-state index in [9.17, 15) is 4.79 Å². The third kappa shape index (κ3) is 4.82. The third-order valence-corrected chi connectivity index (χ3v) is 4.48. The molecule has 2 rings (SSSR count). The number of methoxy groups -OCH3 is 1. The first-order chi connectivity index (χ1) is 11.0. The van der Waals surface area contributed by atoms with E-state index in [4.69, 9.17) is 9.15 Å². The monoisotopic (exact) mass is 334 g/mol. The first kappa shape index (κ1) is 17.5. The van der Waals surface area contributed by atoms with Gasteiger partial charge in [-0.05, 0) is 32.4 Å². The number of hydrogen-bond acceptors (Lipinski definition) is 6. The number of aryl methyl sites for hydroxylation is 2. The second kappa shape index (κ2) is 8.15. The van der Waals surface area contributed by atoms with Gasteiger partial charge in [0.2, 0.25) is 5.89 Å². The number of thioether (sulfide) groups is 1. The molecule has 0 N–H and O–H groups in total. The van der Waals surface area contributed by atoms with Crippen molar-refractivity contribution in [3.8, 4) is 11.5 Å². The Morgan fingerprint density at radius 2 is 1.96 bits per heavy atom. The Labute approximate surface area is 140 Å². The number of carbonyl (C=O) groups is 1. The number of carbonyl (C=O) groups excluding carboxylic acids is 1. The van der Waals surface area contributed by atoms with Crippen LogP contribution in [0.2, 0.25) is 0 Å². The Morgan fingerprint density at radius 1 is 1.26 bits per heavy atom. The van der Waals surface area contributed by atoms with E-state index in [-0.39, 0.29) is 11.2 Å². The molecule has 0 spiro atoms. The number of benzene rings is 1. The summed E-state index contributed by atoms with van der Waals surface area (Å²) in [4.78, 5) is 11.9. The van der Waals surface area contributed by atoms with Gasteiger partial charge in [-0.3, -0.25) is 4.79 Å². The average molecular weight is 334 g/mol. The summed E-state index contributed by atoms with van der Waals surface area (Å²) in [5.74, 6) is 0.216. The average Bonchev–Trinajstić information content (AvgIpc) is 2.98. The van der Waals surface area contributed by atoms with E-state index in [0.29, 0.717) is 11.1 Å². The van der Waals surface area contributed by atoms with E-state index in [2.05, 4.69) is 23.2 Å². The van der Waals surface area contributed by atoms with Crippen LogP contribution in [-0.4, -0.2) is 28.5 Å². The van der Waals surface area contributed by atoms with Gasteiger partial charge in [0.25, 0.3) is 5.22 Å². The smallest absolute Gasteiger partial charge is 0.319 e. The van der Waals surface area contributed by atoms with E-state index in [1.54, 1.807) is 0 Å². The zero-order valence-electron chi connectivity index (χ0n) is 14.0. The molecule has 0 amide bonds. The Balaban J connectivity index is 2.15. The topological polar surface area (TPSA) is 65.2 Å².